The van der Waals surface area contributed by atoms with Crippen LogP contribution in [0, 0.1) is 4.91 Å². The van der Waals surface area contributed by atoms with Gasteiger partial charge in [0.1, 0.15) is 5.75 Å². The number of carbonyl (C=O) groups excluding carboxylic acids is 1. The molecule has 2 aliphatic rings. The minimum absolute atomic E-state index is 0.132. The first-order chi connectivity index (χ1) is 16.2. The van der Waals surface area contributed by atoms with Gasteiger partial charge in [-0.25, -0.2) is 0 Å². The van der Waals surface area contributed by atoms with Crippen LogP contribution >= 0.6 is 11.8 Å². The third-order valence-corrected chi connectivity index (χ3v) is 7.20. The lowest BCUT2D eigenvalue weighted by molar-refractivity contribution is -0.476. The summed E-state index contributed by atoms with van der Waals surface area (Å²) in [4.78, 5) is 29.6. The van der Waals surface area contributed by atoms with Crippen molar-refractivity contribution >= 4 is 29.0 Å². The number of benzene rings is 2. The van der Waals surface area contributed by atoms with Crippen LogP contribution in [0.25, 0.3) is 0 Å². The van der Waals surface area contributed by atoms with E-state index < -0.39 is 11.7 Å². The molecule has 2 aromatic carbocycles. The second kappa shape index (κ2) is 10.2. The number of anilines is 1. The minimum atomic E-state index is -4.37. The van der Waals surface area contributed by atoms with Gasteiger partial charge in [-0.05, 0) is 36.0 Å². The average Bonchev–Trinajstić information content (AvgIpc) is 3.13. The molecule has 2 heterocycles. The maximum Gasteiger partial charge on any atom is 0.416 e. The van der Waals surface area contributed by atoms with Gasteiger partial charge < -0.3 is 15.0 Å². The fourth-order valence-corrected chi connectivity index (χ4v) is 5.26. The first-order valence-corrected chi connectivity index (χ1v) is 11.8. The van der Waals surface area contributed by atoms with Gasteiger partial charge in [-0.15, -0.1) is 0 Å². The summed E-state index contributed by atoms with van der Waals surface area (Å²) in [5.41, 5.74) is 0.487. The van der Waals surface area contributed by atoms with Crippen LogP contribution in [0.15, 0.2) is 47.4 Å². The summed E-state index contributed by atoms with van der Waals surface area (Å²) >= 11 is 1.46. The van der Waals surface area contributed by atoms with E-state index in [0.717, 1.165) is 21.8 Å². The number of ether oxygens (including phenoxy) is 1. The molecular weight excluding hydrogens is 469 g/mol. The van der Waals surface area contributed by atoms with Gasteiger partial charge in [0.05, 0.1) is 28.9 Å². The number of piperazine rings is 1. The standard InChI is InChI=1S/C23H25F3N4O3S/c1-33-18-5-6-19-20(14-18)34-22(30(19)32)7-8-27-21(31)15-28-9-11-29(12-10-28)17-4-2-3-16(13-17)23(24,25)26/h2-6,13-14,22H,7-12,15H2,1H3/p+1. The Hall–Kier alpha value is -2.79. The molecule has 1 unspecified atom stereocenters. The lowest BCUT2D eigenvalue weighted by Gasteiger charge is -2.36. The molecule has 0 bridgehead atoms. The van der Waals surface area contributed by atoms with E-state index in [-0.39, 0.29) is 17.8 Å². The number of amides is 1. The van der Waals surface area contributed by atoms with E-state index in [9.17, 15) is 22.9 Å². The monoisotopic (exact) mass is 495 g/mol. The smallest absolute Gasteiger partial charge is 0.416 e. The van der Waals surface area contributed by atoms with Crippen molar-refractivity contribution in [3.63, 3.8) is 0 Å². The van der Waals surface area contributed by atoms with Crippen LogP contribution < -0.4 is 15.0 Å². The molecule has 0 radical (unpaired) electrons. The number of alkyl halides is 3. The molecule has 1 amide bonds. The zero-order valence-electron chi connectivity index (χ0n) is 18.7. The topological polar surface area (TPSA) is 64.9 Å². The minimum Gasteiger partial charge on any atom is -0.497 e. The van der Waals surface area contributed by atoms with Crippen LogP contribution in [0.4, 0.5) is 24.5 Å². The van der Waals surface area contributed by atoms with Crippen LogP contribution in [-0.4, -0.2) is 67.3 Å². The van der Waals surface area contributed by atoms with Gasteiger partial charge in [0.15, 0.2) is 0 Å². The number of rotatable bonds is 7. The Bertz CT molecular complexity index is 1060. The van der Waals surface area contributed by atoms with E-state index in [1.807, 2.05) is 15.9 Å². The quantitative estimate of drug-likeness (QED) is 0.589. The molecule has 1 N–H and O–H groups in total. The molecule has 0 saturated carbocycles. The molecule has 1 fully saturated rings. The maximum absolute atomic E-state index is 13.0. The van der Waals surface area contributed by atoms with Crippen LogP contribution in [0.1, 0.15) is 12.0 Å². The predicted octanol–water partition coefficient (Wildman–Crippen LogP) is 3.88. The van der Waals surface area contributed by atoms with Gasteiger partial charge in [0.2, 0.25) is 5.91 Å². The van der Waals surface area contributed by atoms with E-state index >= 15 is 0 Å². The van der Waals surface area contributed by atoms with Crippen molar-refractivity contribution in [3.05, 3.63) is 52.9 Å². The molecule has 2 aliphatic heterocycles. The molecular formula is C23H26F3N4O3S+. The molecule has 11 heteroatoms. The van der Waals surface area contributed by atoms with E-state index in [0.29, 0.717) is 56.3 Å². The number of nitrogens with zero attached hydrogens (tertiary/aromatic N) is 3. The molecule has 0 aliphatic carbocycles. The maximum atomic E-state index is 13.0. The molecule has 182 valence electrons. The first kappa shape index (κ1) is 24.3. The number of thioether (sulfide) groups is 1. The summed E-state index contributed by atoms with van der Waals surface area (Å²) in [5.74, 6) is 0.564. The molecule has 1 atom stereocenters. The van der Waals surface area contributed by atoms with Crippen molar-refractivity contribution < 1.29 is 27.5 Å². The highest BCUT2D eigenvalue weighted by molar-refractivity contribution is 8.00. The fraction of sp³-hybridized carbons (Fsp3) is 0.435. The molecule has 0 aromatic heterocycles. The van der Waals surface area contributed by atoms with Crippen molar-refractivity contribution in [2.45, 2.75) is 22.9 Å². The number of hydrogen-bond acceptors (Lipinski definition) is 6. The molecule has 7 nitrogen and oxygen atoms in total. The second-order valence-corrected chi connectivity index (χ2v) is 9.40. The van der Waals surface area contributed by atoms with E-state index in [1.54, 1.807) is 25.3 Å². The van der Waals surface area contributed by atoms with Gasteiger partial charge in [-0.3, -0.25) is 9.69 Å². The zero-order valence-corrected chi connectivity index (χ0v) is 19.5. The van der Waals surface area contributed by atoms with Crippen LogP contribution in [0.3, 0.4) is 0 Å². The SMILES string of the molecule is COc1ccc2c(c1)SC(CCNC(=O)CN1CCN(c3cccc(C(F)(F)F)c3)CC1)[N+]2=O. The largest absolute Gasteiger partial charge is 0.497 e. The van der Waals surface area contributed by atoms with E-state index in [4.69, 9.17) is 4.74 Å². The van der Waals surface area contributed by atoms with Crippen molar-refractivity contribution in [1.82, 2.24) is 10.2 Å². The number of halogens is 3. The second-order valence-electron chi connectivity index (χ2n) is 8.18. The van der Waals surface area contributed by atoms with Gasteiger partial charge >= 0.3 is 6.18 Å². The Morgan fingerprint density at radius 2 is 1.94 bits per heavy atom. The third-order valence-electron chi connectivity index (χ3n) is 5.92. The number of nitroso groups, excluding NO2 is 1. The number of methoxy groups -OCH3 is 1. The van der Waals surface area contributed by atoms with Crippen molar-refractivity contribution in [1.29, 1.82) is 0 Å². The zero-order chi connectivity index (χ0) is 24.3. The predicted molar refractivity (Wildman–Crippen MR) is 124 cm³/mol. The lowest BCUT2D eigenvalue weighted by Crippen LogP contribution is -2.49. The fourth-order valence-electron chi connectivity index (χ4n) is 4.06. The molecule has 2 aromatic rings. The van der Waals surface area contributed by atoms with Crippen LogP contribution in [0.5, 0.6) is 5.75 Å². The highest BCUT2D eigenvalue weighted by Gasteiger charge is 2.39. The Balaban J connectivity index is 1.19. The first-order valence-electron chi connectivity index (χ1n) is 11.0. The van der Waals surface area contributed by atoms with E-state index in [1.165, 1.54) is 17.8 Å². The summed E-state index contributed by atoms with van der Waals surface area (Å²) in [6, 6.07) is 10.6. The molecule has 34 heavy (non-hydrogen) atoms. The van der Waals surface area contributed by atoms with Gasteiger partial charge in [0, 0.05) is 61.9 Å². The van der Waals surface area contributed by atoms with Gasteiger partial charge in [-0.1, -0.05) is 6.07 Å². The number of nitrogens with one attached hydrogen (secondary N) is 1. The van der Waals surface area contributed by atoms with Crippen molar-refractivity contribution in [3.8, 4) is 5.75 Å². The molecule has 4 rings (SSSR count). The summed E-state index contributed by atoms with van der Waals surface area (Å²) in [6.45, 7) is 2.83. The van der Waals surface area contributed by atoms with Gasteiger partial charge in [-0.2, -0.15) is 13.2 Å². The third kappa shape index (κ3) is 5.64. The Morgan fingerprint density at radius 3 is 2.65 bits per heavy atom. The number of hydrogen-bond donors (Lipinski definition) is 1. The highest BCUT2D eigenvalue weighted by atomic mass is 32.2. The highest BCUT2D eigenvalue weighted by Crippen LogP contribution is 2.44. The van der Waals surface area contributed by atoms with Crippen molar-refractivity contribution in [2.24, 2.45) is 0 Å². The Labute approximate surface area is 199 Å². The molecule has 1 saturated heterocycles. The average molecular weight is 496 g/mol. The molecule has 0 spiro atoms. The van der Waals surface area contributed by atoms with E-state index in [2.05, 4.69) is 5.32 Å². The number of fused-ring (bicyclic) bond motifs is 1. The summed E-state index contributed by atoms with van der Waals surface area (Å²) in [6.07, 6.45) is -3.87. The number of carbonyl (C=O) groups is 1. The van der Waals surface area contributed by atoms with Crippen LogP contribution in [0.2, 0.25) is 0 Å². The van der Waals surface area contributed by atoms with Crippen molar-refractivity contribution in [2.75, 3.05) is 51.3 Å². The normalized spacial score (nSPS) is 18.6. The van der Waals surface area contributed by atoms with Gasteiger partial charge in [0.25, 0.3) is 11.1 Å². The van der Waals surface area contributed by atoms with Crippen LogP contribution in [-0.2, 0) is 11.0 Å². The Morgan fingerprint density at radius 1 is 1.18 bits per heavy atom. The summed E-state index contributed by atoms with van der Waals surface area (Å²) in [5, 5.41) is 2.56. The Kier molecular flexibility index (Phi) is 7.32. The summed E-state index contributed by atoms with van der Waals surface area (Å²) in [7, 11) is 1.58. The summed E-state index contributed by atoms with van der Waals surface area (Å²) < 4.78 is 45.1. The lowest BCUT2D eigenvalue weighted by atomic mass is 10.1.